The minimum atomic E-state index is -3.76. The topological polar surface area (TPSA) is 114 Å². The van der Waals surface area contributed by atoms with E-state index in [1.54, 1.807) is 10.7 Å². The molecule has 2 heterocycles. The molecule has 0 amide bonds. The first-order valence-corrected chi connectivity index (χ1v) is 14.8. The van der Waals surface area contributed by atoms with Gasteiger partial charge in [-0.15, -0.1) is 0 Å². The molecular formula is C23H25BClN5O4S2. The molecule has 2 aromatic carbocycles. The minimum Gasteiger partial charge on any atom is -0.370 e. The summed E-state index contributed by atoms with van der Waals surface area (Å²) in [6.07, 6.45) is 3.33. The third-order valence-corrected chi connectivity index (χ3v) is 9.04. The second-order valence-corrected chi connectivity index (χ2v) is 12.9. The van der Waals surface area contributed by atoms with E-state index in [0.29, 0.717) is 35.1 Å². The molecule has 0 aliphatic carbocycles. The maximum atomic E-state index is 12.9. The van der Waals surface area contributed by atoms with Crippen molar-refractivity contribution in [3.05, 3.63) is 65.8 Å². The van der Waals surface area contributed by atoms with Crippen LogP contribution in [0.1, 0.15) is 6.42 Å². The van der Waals surface area contributed by atoms with Gasteiger partial charge in [0.25, 0.3) is 0 Å². The van der Waals surface area contributed by atoms with Crippen molar-refractivity contribution < 1.29 is 16.8 Å². The fraction of sp³-hybridized carbons (Fsp3) is 0.217. The zero-order valence-electron chi connectivity index (χ0n) is 20.0. The standard InChI is InChI=1S/C23H25BClN5O4S2/c1-29(36(33,34)17-10-8-16(9-11-17)35(2,31)32)13-5-12-26-22-14-21(18-6-3-4-7-20(18)25)28-23-19(24)15-27-30(22)23/h3-4,6-11,14-15,26H,5,12-13,24H2,1-2H3. The average Bonchev–Trinajstić information content (AvgIpc) is 3.22. The van der Waals surface area contributed by atoms with Crippen molar-refractivity contribution >= 4 is 56.2 Å². The van der Waals surface area contributed by atoms with Gasteiger partial charge in [-0.05, 0) is 42.2 Å². The molecule has 0 saturated heterocycles. The molecule has 0 aliphatic heterocycles. The summed E-state index contributed by atoms with van der Waals surface area (Å²) in [4.78, 5) is 4.83. The van der Waals surface area contributed by atoms with Crippen LogP contribution >= 0.6 is 11.6 Å². The van der Waals surface area contributed by atoms with Crippen LogP contribution in [0.2, 0.25) is 5.02 Å². The van der Waals surface area contributed by atoms with Crippen LogP contribution in [0.3, 0.4) is 0 Å². The number of nitrogens with one attached hydrogen (secondary N) is 1. The Labute approximate surface area is 216 Å². The van der Waals surface area contributed by atoms with Crippen molar-refractivity contribution in [1.82, 2.24) is 18.9 Å². The smallest absolute Gasteiger partial charge is 0.242 e. The van der Waals surface area contributed by atoms with Crippen LogP contribution < -0.4 is 10.8 Å². The van der Waals surface area contributed by atoms with Crippen molar-refractivity contribution in [3.63, 3.8) is 0 Å². The van der Waals surface area contributed by atoms with Crippen molar-refractivity contribution in [1.29, 1.82) is 0 Å². The van der Waals surface area contributed by atoms with Gasteiger partial charge in [-0.3, -0.25) is 0 Å². The number of anilines is 1. The lowest BCUT2D eigenvalue weighted by atomic mass is 10.0. The molecular weight excluding hydrogens is 521 g/mol. The molecule has 4 aromatic rings. The van der Waals surface area contributed by atoms with Gasteiger partial charge in [0, 0.05) is 49.2 Å². The van der Waals surface area contributed by atoms with E-state index in [4.69, 9.17) is 16.6 Å². The maximum Gasteiger partial charge on any atom is 0.242 e. The first-order valence-electron chi connectivity index (χ1n) is 11.1. The predicted molar refractivity (Wildman–Crippen MR) is 144 cm³/mol. The largest absolute Gasteiger partial charge is 0.370 e. The van der Waals surface area contributed by atoms with Crippen molar-refractivity contribution in [2.75, 3.05) is 31.7 Å². The highest BCUT2D eigenvalue weighted by Gasteiger charge is 2.21. The zero-order chi connectivity index (χ0) is 26.1. The molecule has 0 radical (unpaired) electrons. The lowest BCUT2D eigenvalue weighted by molar-refractivity contribution is 0.465. The summed E-state index contributed by atoms with van der Waals surface area (Å²) in [7, 11) is -3.73. The van der Waals surface area contributed by atoms with E-state index in [9.17, 15) is 16.8 Å². The van der Waals surface area contributed by atoms with Gasteiger partial charge in [0.1, 0.15) is 13.7 Å². The Bertz CT molecular complexity index is 1620. The number of nitrogens with zero attached hydrogens (tertiary/aromatic N) is 4. The molecule has 0 unspecified atom stereocenters. The number of rotatable bonds is 9. The highest BCUT2D eigenvalue weighted by atomic mass is 35.5. The van der Waals surface area contributed by atoms with Gasteiger partial charge in [-0.1, -0.05) is 29.8 Å². The number of fused-ring (bicyclic) bond motifs is 1. The molecule has 9 nitrogen and oxygen atoms in total. The van der Waals surface area contributed by atoms with Gasteiger partial charge in [0.15, 0.2) is 15.5 Å². The Kier molecular flexibility index (Phi) is 7.42. The summed E-state index contributed by atoms with van der Waals surface area (Å²) in [5.74, 6) is 0.713. The molecule has 0 bridgehead atoms. The number of benzene rings is 2. The summed E-state index contributed by atoms with van der Waals surface area (Å²) in [6.45, 7) is 0.736. The molecule has 0 aliphatic rings. The summed E-state index contributed by atoms with van der Waals surface area (Å²) in [5, 5.41) is 8.32. The fourth-order valence-corrected chi connectivity index (χ4v) is 5.75. The van der Waals surface area contributed by atoms with Gasteiger partial charge in [0.05, 0.1) is 15.5 Å². The molecule has 0 saturated carbocycles. The van der Waals surface area contributed by atoms with E-state index in [1.807, 2.05) is 38.2 Å². The molecule has 0 spiro atoms. The third-order valence-electron chi connectivity index (χ3n) is 5.71. The van der Waals surface area contributed by atoms with Crippen LogP contribution in [0, 0.1) is 0 Å². The van der Waals surface area contributed by atoms with Crippen molar-refractivity contribution in [3.8, 4) is 11.3 Å². The Hall–Kier alpha value is -2.93. The normalized spacial score (nSPS) is 12.3. The number of aromatic nitrogens is 3. The van der Waals surface area contributed by atoms with Crippen molar-refractivity contribution in [2.24, 2.45) is 0 Å². The van der Waals surface area contributed by atoms with Crippen LogP contribution in [-0.4, -0.2) is 70.0 Å². The summed E-state index contributed by atoms with van der Waals surface area (Å²) >= 11 is 6.39. The fourth-order valence-electron chi connectivity index (χ4n) is 3.68. The van der Waals surface area contributed by atoms with E-state index in [-0.39, 0.29) is 16.3 Å². The van der Waals surface area contributed by atoms with E-state index in [1.165, 1.54) is 35.6 Å². The molecule has 4 rings (SSSR count). The Morgan fingerprint density at radius 3 is 2.39 bits per heavy atom. The molecule has 13 heteroatoms. The van der Waals surface area contributed by atoms with Crippen LogP contribution in [0.15, 0.2) is 70.6 Å². The molecule has 2 aromatic heterocycles. The van der Waals surface area contributed by atoms with E-state index in [0.717, 1.165) is 17.3 Å². The molecule has 0 atom stereocenters. The van der Waals surface area contributed by atoms with Crippen molar-refractivity contribution in [2.45, 2.75) is 16.2 Å². The highest BCUT2D eigenvalue weighted by Crippen LogP contribution is 2.28. The highest BCUT2D eigenvalue weighted by molar-refractivity contribution is 7.90. The second kappa shape index (κ2) is 10.2. The summed E-state index contributed by atoms with van der Waals surface area (Å²) < 4.78 is 52.0. The predicted octanol–water partition coefficient (Wildman–Crippen LogP) is 1.83. The first-order chi connectivity index (χ1) is 17.0. The van der Waals surface area contributed by atoms with Crippen LogP contribution in [-0.2, 0) is 19.9 Å². The number of sulfonamides is 1. The lowest BCUT2D eigenvalue weighted by Crippen LogP contribution is -2.29. The molecule has 0 fully saturated rings. The monoisotopic (exact) mass is 545 g/mol. The van der Waals surface area contributed by atoms with E-state index < -0.39 is 19.9 Å². The number of hydrogen-bond acceptors (Lipinski definition) is 7. The Balaban J connectivity index is 1.46. The zero-order valence-corrected chi connectivity index (χ0v) is 22.4. The third kappa shape index (κ3) is 5.41. The van der Waals surface area contributed by atoms with Crippen LogP contribution in [0.5, 0.6) is 0 Å². The number of halogens is 1. The summed E-state index contributed by atoms with van der Waals surface area (Å²) in [5.41, 5.74) is 3.13. The van der Waals surface area contributed by atoms with Crippen LogP contribution in [0.4, 0.5) is 5.82 Å². The van der Waals surface area contributed by atoms with Gasteiger partial charge in [-0.25, -0.2) is 26.1 Å². The van der Waals surface area contributed by atoms with Gasteiger partial charge in [0.2, 0.25) is 10.0 Å². The maximum absolute atomic E-state index is 12.9. The van der Waals surface area contributed by atoms with Gasteiger partial charge in [-0.2, -0.15) is 9.61 Å². The Morgan fingerprint density at radius 1 is 1.06 bits per heavy atom. The SMILES string of the molecule is Bc1cnn2c(NCCCN(C)S(=O)(=O)c3ccc(S(C)(=O)=O)cc3)cc(-c3ccccc3Cl)nc12. The molecule has 188 valence electrons. The number of sulfone groups is 1. The quantitative estimate of drug-likeness (QED) is 0.252. The molecule has 1 N–H and O–H groups in total. The van der Waals surface area contributed by atoms with E-state index >= 15 is 0 Å². The summed E-state index contributed by atoms with van der Waals surface area (Å²) in [6, 6.07) is 14.6. The van der Waals surface area contributed by atoms with Gasteiger partial charge < -0.3 is 5.32 Å². The van der Waals surface area contributed by atoms with Gasteiger partial charge >= 0.3 is 0 Å². The first kappa shape index (κ1) is 26.1. The molecule has 36 heavy (non-hydrogen) atoms. The van der Waals surface area contributed by atoms with E-state index in [2.05, 4.69) is 10.4 Å². The number of hydrogen-bond donors (Lipinski definition) is 1. The van der Waals surface area contributed by atoms with Crippen LogP contribution in [0.25, 0.3) is 16.9 Å². The second-order valence-electron chi connectivity index (χ2n) is 8.42. The average molecular weight is 546 g/mol. The Morgan fingerprint density at radius 2 is 1.72 bits per heavy atom. The lowest BCUT2D eigenvalue weighted by Gasteiger charge is -2.18. The minimum absolute atomic E-state index is 0.0394.